The predicted molar refractivity (Wildman–Crippen MR) is 186 cm³/mol. The molecule has 294 valence electrons. The van der Waals surface area contributed by atoms with Crippen LogP contribution in [0.4, 0.5) is 0 Å². The monoisotopic (exact) mass is 770 g/mol. The van der Waals surface area contributed by atoms with E-state index < -0.39 is 109 Å². The number of methoxy groups -OCH3 is 1. The van der Waals surface area contributed by atoms with E-state index in [1.807, 2.05) is 0 Å². The molecule has 0 aliphatic carbocycles. The molecule has 0 amide bonds. The molecule has 55 heavy (non-hydrogen) atoms. The zero-order valence-electron chi connectivity index (χ0n) is 28.8. The lowest BCUT2D eigenvalue weighted by Crippen LogP contribution is -2.65. The molecular formula is C37H38O18. The topological polar surface area (TPSA) is 285 Å². The molecule has 3 aromatic carbocycles. The third-order valence-corrected chi connectivity index (χ3v) is 9.00. The van der Waals surface area contributed by atoms with Crippen LogP contribution in [0.25, 0.3) is 28.4 Å². The lowest BCUT2D eigenvalue weighted by Gasteiger charge is -2.45. The first-order chi connectivity index (χ1) is 26.3. The highest BCUT2D eigenvalue weighted by Gasteiger charge is 2.51. The van der Waals surface area contributed by atoms with Gasteiger partial charge in [0.1, 0.15) is 71.0 Å². The fourth-order valence-corrected chi connectivity index (χ4v) is 5.99. The molecule has 18 nitrogen and oxygen atoms in total. The summed E-state index contributed by atoms with van der Waals surface area (Å²) in [6.07, 6.45) is -15.8. The third kappa shape index (κ3) is 8.28. The Morgan fingerprint density at radius 2 is 1.44 bits per heavy atom. The van der Waals surface area contributed by atoms with Crippen LogP contribution in [0.15, 0.2) is 76.0 Å². The molecule has 2 aliphatic heterocycles. The summed E-state index contributed by atoms with van der Waals surface area (Å²) >= 11 is 0. The summed E-state index contributed by atoms with van der Waals surface area (Å²) in [4.78, 5) is 26.6. The van der Waals surface area contributed by atoms with Gasteiger partial charge < -0.3 is 78.8 Å². The summed E-state index contributed by atoms with van der Waals surface area (Å²) < 4.78 is 39.5. The number of aromatic hydroxyl groups is 2. The summed E-state index contributed by atoms with van der Waals surface area (Å²) in [5.74, 6) is -2.76. The molecule has 0 saturated carbocycles. The van der Waals surface area contributed by atoms with Crippen molar-refractivity contribution in [3.05, 3.63) is 82.5 Å². The van der Waals surface area contributed by atoms with Gasteiger partial charge in [-0.1, -0.05) is 12.1 Å². The van der Waals surface area contributed by atoms with Gasteiger partial charge in [0.25, 0.3) is 0 Å². The first-order valence-electron chi connectivity index (χ1n) is 16.8. The van der Waals surface area contributed by atoms with Crippen molar-refractivity contribution in [1.29, 1.82) is 0 Å². The Morgan fingerprint density at radius 1 is 0.800 bits per heavy atom. The van der Waals surface area contributed by atoms with E-state index in [4.69, 9.17) is 32.8 Å². The van der Waals surface area contributed by atoms with Gasteiger partial charge in [-0.25, -0.2) is 4.79 Å². The van der Waals surface area contributed by atoms with Crippen LogP contribution in [0.2, 0.25) is 0 Å². The minimum Gasteiger partial charge on any atom is -0.508 e. The average Bonchev–Trinajstić information content (AvgIpc) is 3.18. The van der Waals surface area contributed by atoms with Gasteiger partial charge in [0.05, 0.1) is 20.3 Å². The highest BCUT2D eigenvalue weighted by atomic mass is 16.8. The van der Waals surface area contributed by atoms with Crippen molar-refractivity contribution in [3.8, 4) is 40.1 Å². The highest BCUT2D eigenvalue weighted by Crippen LogP contribution is 2.44. The second-order valence-electron chi connectivity index (χ2n) is 12.6. The van der Waals surface area contributed by atoms with E-state index in [0.717, 1.165) is 18.2 Å². The number of ether oxygens (including phenoxy) is 6. The SMILES string of the molecule is COc1ccc(-c2cc(=O)c3c(O)c(OC(=O)/C=C/c4ccc(O)cc4)c(O[C@@H]4O[C@H](CO)[C@@H](O)[C@H](O)[C@H]4O[C@H]4O[C@@H](CO)[C@H](O)[C@@H](O)[C@H]4O)cc3o2)cc1. The van der Waals surface area contributed by atoms with Crippen molar-refractivity contribution in [2.24, 2.45) is 0 Å². The number of hydrogen-bond acceptors (Lipinski definition) is 18. The lowest BCUT2D eigenvalue weighted by molar-refractivity contribution is -0.357. The summed E-state index contributed by atoms with van der Waals surface area (Å²) in [6, 6.07) is 14.4. The maximum absolute atomic E-state index is 13.5. The Balaban J connectivity index is 1.42. The first-order valence-corrected chi connectivity index (χ1v) is 16.8. The predicted octanol–water partition coefficient (Wildman–Crippen LogP) is -0.499. The maximum Gasteiger partial charge on any atom is 0.336 e. The normalized spacial score (nSPS) is 28.3. The fourth-order valence-electron chi connectivity index (χ4n) is 5.99. The molecule has 2 fully saturated rings. The van der Waals surface area contributed by atoms with E-state index in [2.05, 4.69) is 0 Å². The van der Waals surface area contributed by atoms with Crippen LogP contribution in [0.1, 0.15) is 5.56 Å². The molecule has 1 aromatic heterocycles. The maximum atomic E-state index is 13.5. The second kappa shape index (κ2) is 16.7. The minimum atomic E-state index is -1.98. The largest absolute Gasteiger partial charge is 0.508 e. The summed E-state index contributed by atoms with van der Waals surface area (Å²) in [5, 5.41) is 93.2. The second-order valence-corrected chi connectivity index (χ2v) is 12.6. The van der Waals surface area contributed by atoms with Crippen molar-refractivity contribution >= 4 is 23.0 Å². The Hall–Kier alpha value is -5.12. The van der Waals surface area contributed by atoms with Gasteiger partial charge in [-0.05, 0) is 48.0 Å². The van der Waals surface area contributed by atoms with Gasteiger partial charge in [0, 0.05) is 23.8 Å². The third-order valence-electron chi connectivity index (χ3n) is 9.00. The molecule has 4 aromatic rings. The van der Waals surface area contributed by atoms with E-state index in [0.29, 0.717) is 16.9 Å². The van der Waals surface area contributed by atoms with Crippen molar-refractivity contribution in [2.45, 2.75) is 61.4 Å². The quantitative estimate of drug-likeness (QED) is 0.0528. The van der Waals surface area contributed by atoms with Crippen molar-refractivity contribution in [1.82, 2.24) is 0 Å². The van der Waals surface area contributed by atoms with E-state index in [1.54, 1.807) is 24.3 Å². The van der Waals surface area contributed by atoms with E-state index in [9.17, 15) is 55.5 Å². The zero-order chi connectivity index (χ0) is 39.6. The number of esters is 1. The molecule has 6 rings (SSSR count). The molecular weight excluding hydrogens is 732 g/mol. The Kier molecular flexibility index (Phi) is 12.0. The molecule has 0 spiro atoms. The summed E-state index contributed by atoms with van der Waals surface area (Å²) in [5.41, 5.74) is -0.133. The first kappa shape index (κ1) is 39.6. The number of aliphatic hydroxyl groups excluding tert-OH is 7. The van der Waals surface area contributed by atoms with Gasteiger partial charge in [-0.3, -0.25) is 4.79 Å². The van der Waals surface area contributed by atoms with E-state index >= 15 is 0 Å². The van der Waals surface area contributed by atoms with Crippen molar-refractivity contribution in [3.63, 3.8) is 0 Å². The van der Waals surface area contributed by atoms with Gasteiger partial charge in [0.15, 0.2) is 29.3 Å². The van der Waals surface area contributed by atoms with Crippen LogP contribution in [0.3, 0.4) is 0 Å². The van der Waals surface area contributed by atoms with Crippen LogP contribution in [-0.2, 0) is 19.0 Å². The molecule has 9 N–H and O–H groups in total. The zero-order valence-corrected chi connectivity index (χ0v) is 28.8. The van der Waals surface area contributed by atoms with Gasteiger partial charge in [-0.2, -0.15) is 0 Å². The Morgan fingerprint density at radius 3 is 2.07 bits per heavy atom. The number of rotatable bonds is 11. The number of aliphatic hydroxyl groups is 7. The van der Waals surface area contributed by atoms with E-state index in [-0.39, 0.29) is 17.1 Å². The molecule has 0 radical (unpaired) electrons. The van der Waals surface area contributed by atoms with Crippen LogP contribution >= 0.6 is 0 Å². The van der Waals surface area contributed by atoms with Crippen molar-refractivity contribution in [2.75, 3.05) is 20.3 Å². The average molecular weight is 771 g/mol. The number of phenols is 2. The highest BCUT2D eigenvalue weighted by molar-refractivity contribution is 5.94. The Bertz CT molecular complexity index is 2040. The molecule has 2 aliphatic rings. The van der Waals surface area contributed by atoms with Crippen LogP contribution in [-0.4, -0.2) is 134 Å². The summed E-state index contributed by atoms with van der Waals surface area (Å²) in [6.45, 7) is -1.68. The number of benzene rings is 3. The van der Waals surface area contributed by atoms with Crippen LogP contribution in [0, 0.1) is 0 Å². The van der Waals surface area contributed by atoms with Crippen molar-refractivity contribution < 1.29 is 83.6 Å². The molecule has 0 unspecified atom stereocenters. The minimum absolute atomic E-state index is 0.0172. The smallest absolute Gasteiger partial charge is 0.336 e. The molecule has 3 heterocycles. The van der Waals surface area contributed by atoms with Gasteiger partial charge >= 0.3 is 5.97 Å². The Labute approximate surface area is 310 Å². The number of carbonyl (C=O) groups is 1. The van der Waals surface area contributed by atoms with Crippen LogP contribution in [0.5, 0.6) is 28.7 Å². The molecule has 10 atom stereocenters. The van der Waals surface area contributed by atoms with Crippen LogP contribution < -0.4 is 19.6 Å². The standard InChI is InChI=1S/C37H38O18/c1-49-19-9-5-17(6-10-19)21-12-20(41)27-22(50-21)13-23(34(30(27)45)54-26(42)11-4-16-2-7-18(40)8-3-16)51-37-35(32(47)29(44)25(15-39)53-37)55-36-33(48)31(46)28(43)24(14-38)52-36/h2-13,24-25,28-29,31-33,35-40,43-48H,14-15H2,1H3/b11-4+/t24-,25+,28-,29+,31+,32-,33+,35+,36+,37+/m0/s1. The number of phenolic OH excluding ortho intramolecular Hbond substituents is 2. The number of hydrogen-bond donors (Lipinski definition) is 9. The molecule has 0 bridgehead atoms. The number of fused-ring (bicyclic) bond motifs is 1. The van der Waals surface area contributed by atoms with Gasteiger partial charge in [0.2, 0.25) is 12.0 Å². The molecule has 18 heteroatoms. The lowest BCUT2D eigenvalue weighted by atomic mass is 9.97. The fraction of sp³-hybridized carbons (Fsp3) is 0.351. The van der Waals surface area contributed by atoms with E-state index in [1.165, 1.54) is 37.5 Å². The number of carbonyl (C=O) groups excluding carboxylic acids is 1. The summed E-state index contributed by atoms with van der Waals surface area (Å²) in [7, 11) is 1.47. The molecule has 2 saturated heterocycles. The van der Waals surface area contributed by atoms with Gasteiger partial charge in [-0.15, -0.1) is 0 Å².